The molecule has 2 rings (SSSR count). The molecule has 0 fully saturated rings. The van der Waals surface area contributed by atoms with Gasteiger partial charge < -0.3 is 5.32 Å². The molecule has 0 saturated heterocycles. The molecule has 0 saturated carbocycles. The fourth-order valence-electron chi connectivity index (χ4n) is 1.45. The highest BCUT2D eigenvalue weighted by atomic mass is 35.5. The van der Waals surface area contributed by atoms with E-state index in [9.17, 15) is 9.18 Å². The third-order valence-corrected chi connectivity index (χ3v) is 2.87. The van der Waals surface area contributed by atoms with Crippen LogP contribution in [0.4, 0.5) is 10.1 Å². The molecular formula is C12H8Cl2FN3O. The van der Waals surface area contributed by atoms with Gasteiger partial charge in [-0.2, -0.15) is 0 Å². The SMILES string of the molecule is Cc1cccc(NC(=O)c2cc(Cl)nnc2Cl)c1F. The molecule has 0 radical (unpaired) electrons. The number of hydrogen-bond donors (Lipinski definition) is 1. The van der Waals surface area contributed by atoms with Gasteiger partial charge in [0, 0.05) is 0 Å². The maximum Gasteiger partial charge on any atom is 0.259 e. The fourth-order valence-corrected chi connectivity index (χ4v) is 1.77. The van der Waals surface area contributed by atoms with Crippen molar-refractivity contribution in [2.24, 2.45) is 0 Å². The van der Waals surface area contributed by atoms with Gasteiger partial charge in [0.2, 0.25) is 0 Å². The van der Waals surface area contributed by atoms with E-state index >= 15 is 0 Å². The number of carbonyl (C=O) groups is 1. The van der Waals surface area contributed by atoms with Gasteiger partial charge in [0.15, 0.2) is 10.3 Å². The fraction of sp³-hybridized carbons (Fsp3) is 0.0833. The average molecular weight is 300 g/mol. The van der Waals surface area contributed by atoms with Gasteiger partial charge in [0.05, 0.1) is 11.3 Å². The first-order chi connectivity index (χ1) is 8.99. The number of anilines is 1. The van der Waals surface area contributed by atoms with Crippen molar-refractivity contribution in [3.05, 3.63) is 51.5 Å². The summed E-state index contributed by atoms with van der Waals surface area (Å²) < 4.78 is 13.8. The number of nitrogens with one attached hydrogen (secondary N) is 1. The van der Waals surface area contributed by atoms with Gasteiger partial charge in [-0.25, -0.2) is 4.39 Å². The molecule has 4 nitrogen and oxygen atoms in total. The molecule has 98 valence electrons. The normalized spacial score (nSPS) is 10.3. The molecule has 1 aromatic carbocycles. The zero-order valence-electron chi connectivity index (χ0n) is 9.75. The monoisotopic (exact) mass is 299 g/mol. The molecular weight excluding hydrogens is 292 g/mol. The maximum atomic E-state index is 13.8. The lowest BCUT2D eigenvalue weighted by Crippen LogP contribution is -2.14. The van der Waals surface area contributed by atoms with Gasteiger partial charge >= 0.3 is 0 Å². The number of hydrogen-bond acceptors (Lipinski definition) is 3. The molecule has 1 N–H and O–H groups in total. The van der Waals surface area contributed by atoms with Crippen molar-refractivity contribution >= 4 is 34.8 Å². The van der Waals surface area contributed by atoms with Crippen molar-refractivity contribution in [1.29, 1.82) is 0 Å². The number of amides is 1. The summed E-state index contributed by atoms with van der Waals surface area (Å²) in [6.07, 6.45) is 0. The third-order valence-electron chi connectivity index (χ3n) is 2.40. The number of rotatable bonds is 2. The van der Waals surface area contributed by atoms with Gasteiger partial charge in [-0.3, -0.25) is 4.79 Å². The van der Waals surface area contributed by atoms with Crippen LogP contribution in [-0.2, 0) is 0 Å². The van der Waals surface area contributed by atoms with E-state index < -0.39 is 11.7 Å². The molecule has 19 heavy (non-hydrogen) atoms. The molecule has 7 heteroatoms. The van der Waals surface area contributed by atoms with Gasteiger partial charge in [0.25, 0.3) is 5.91 Å². The quantitative estimate of drug-likeness (QED) is 0.923. The Morgan fingerprint density at radius 2 is 2.05 bits per heavy atom. The molecule has 1 aromatic heterocycles. The van der Waals surface area contributed by atoms with E-state index in [1.807, 2.05) is 0 Å². The van der Waals surface area contributed by atoms with Crippen LogP contribution >= 0.6 is 23.2 Å². The van der Waals surface area contributed by atoms with E-state index in [1.165, 1.54) is 12.1 Å². The van der Waals surface area contributed by atoms with E-state index in [2.05, 4.69) is 15.5 Å². The first-order valence-corrected chi connectivity index (χ1v) is 6.00. The Bertz CT molecular complexity index is 649. The highest BCUT2D eigenvalue weighted by Gasteiger charge is 2.15. The predicted octanol–water partition coefficient (Wildman–Crippen LogP) is 3.48. The Kier molecular flexibility index (Phi) is 3.97. The molecule has 0 unspecified atom stereocenters. The van der Waals surface area contributed by atoms with E-state index in [4.69, 9.17) is 23.2 Å². The number of aromatic nitrogens is 2. The summed E-state index contributed by atoms with van der Waals surface area (Å²) >= 11 is 11.4. The van der Waals surface area contributed by atoms with Crippen LogP contribution in [0.3, 0.4) is 0 Å². The lowest BCUT2D eigenvalue weighted by molar-refractivity contribution is 0.102. The lowest BCUT2D eigenvalue weighted by Gasteiger charge is -2.08. The van der Waals surface area contributed by atoms with Crippen LogP contribution in [0, 0.1) is 12.7 Å². The molecule has 1 heterocycles. The second kappa shape index (κ2) is 5.50. The maximum absolute atomic E-state index is 13.8. The number of benzene rings is 1. The minimum atomic E-state index is -0.605. The molecule has 1 amide bonds. The molecule has 0 spiro atoms. The largest absolute Gasteiger partial charge is 0.319 e. The Balaban J connectivity index is 2.31. The topological polar surface area (TPSA) is 54.9 Å². The summed E-state index contributed by atoms with van der Waals surface area (Å²) in [5.41, 5.74) is 0.520. The first kappa shape index (κ1) is 13.7. The van der Waals surface area contributed by atoms with E-state index in [0.717, 1.165) is 0 Å². The molecule has 0 bridgehead atoms. The van der Waals surface area contributed by atoms with Crippen molar-refractivity contribution in [1.82, 2.24) is 10.2 Å². The van der Waals surface area contributed by atoms with Crippen molar-refractivity contribution in [3.63, 3.8) is 0 Å². The van der Waals surface area contributed by atoms with E-state index in [1.54, 1.807) is 19.1 Å². The molecule has 0 aliphatic heterocycles. The minimum absolute atomic E-state index is 0.0271. The zero-order valence-corrected chi connectivity index (χ0v) is 11.3. The lowest BCUT2D eigenvalue weighted by atomic mass is 10.2. The minimum Gasteiger partial charge on any atom is -0.319 e. The van der Waals surface area contributed by atoms with E-state index in [0.29, 0.717) is 5.56 Å². The van der Waals surface area contributed by atoms with Gasteiger partial charge in [-0.1, -0.05) is 35.3 Å². The molecule has 0 atom stereocenters. The Morgan fingerprint density at radius 3 is 2.79 bits per heavy atom. The highest BCUT2D eigenvalue weighted by Crippen LogP contribution is 2.20. The molecule has 2 aromatic rings. The smallest absolute Gasteiger partial charge is 0.259 e. The van der Waals surface area contributed by atoms with E-state index in [-0.39, 0.29) is 21.6 Å². The summed E-state index contributed by atoms with van der Waals surface area (Å²) in [6.45, 7) is 1.60. The number of aryl methyl sites for hydroxylation is 1. The Morgan fingerprint density at radius 1 is 1.32 bits per heavy atom. The van der Waals surface area contributed by atoms with Crippen LogP contribution in [0.5, 0.6) is 0 Å². The summed E-state index contributed by atoms with van der Waals surface area (Å²) in [7, 11) is 0. The zero-order chi connectivity index (χ0) is 14.0. The summed E-state index contributed by atoms with van der Waals surface area (Å²) in [6, 6.07) is 5.94. The number of halogens is 3. The summed E-state index contributed by atoms with van der Waals surface area (Å²) in [5.74, 6) is -1.11. The van der Waals surface area contributed by atoms with Crippen LogP contribution in [-0.4, -0.2) is 16.1 Å². The van der Waals surface area contributed by atoms with Gasteiger partial charge in [0.1, 0.15) is 5.82 Å². The number of carbonyl (C=O) groups excluding carboxylic acids is 1. The average Bonchev–Trinajstić information content (AvgIpc) is 2.38. The van der Waals surface area contributed by atoms with Crippen molar-refractivity contribution in [2.45, 2.75) is 6.92 Å². The van der Waals surface area contributed by atoms with Crippen LogP contribution in [0.2, 0.25) is 10.3 Å². The van der Waals surface area contributed by atoms with Gasteiger partial charge in [-0.15, -0.1) is 10.2 Å². The van der Waals surface area contributed by atoms with Gasteiger partial charge in [-0.05, 0) is 24.6 Å². The van der Waals surface area contributed by atoms with Crippen molar-refractivity contribution < 1.29 is 9.18 Å². The number of nitrogens with zero attached hydrogens (tertiary/aromatic N) is 2. The molecule has 0 aliphatic rings. The van der Waals surface area contributed by atoms with Crippen molar-refractivity contribution in [3.8, 4) is 0 Å². The summed E-state index contributed by atoms with van der Waals surface area (Å²) in [5, 5.41) is 9.34. The van der Waals surface area contributed by atoms with Crippen molar-refractivity contribution in [2.75, 3.05) is 5.32 Å². The second-order valence-electron chi connectivity index (χ2n) is 3.76. The third kappa shape index (κ3) is 3.00. The van der Waals surface area contributed by atoms with Crippen LogP contribution in [0.15, 0.2) is 24.3 Å². The standard InChI is InChI=1S/C12H8Cl2FN3O/c1-6-3-2-4-8(10(6)15)16-12(19)7-5-9(13)17-18-11(7)14/h2-5H,1H3,(H,16,19). The Labute approximate surface area is 118 Å². The van der Waals surface area contributed by atoms with Crippen LogP contribution in [0.1, 0.15) is 15.9 Å². The Hall–Kier alpha value is -1.72. The molecule has 0 aliphatic carbocycles. The van der Waals surface area contributed by atoms with Crippen LogP contribution < -0.4 is 5.32 Å². The second-order valence-corrected chi connectivity index (χ2v) is 4.51. The highest BCUT2D eigenvalue weighted by molar-refractivity contribution is 6.34. The predicted molar refractivity (Wildman–Crippen MR) is 71.1 cm³/mol. The van der Waals surface area contributed by atoms with Crippen LogP contribution in [0.25, 0.3) is 0 Å². The summed E-state index contributed by atoms with van der Waals surface area (Å²) in [4.78, 5) is 12.0. The first-order valence-electron chi connectivity index (χ1n) is 5.24.